The highest BCUT2D eigenvalue weighted by Gasteiger charge is 2.22. The van der Waals surface area contributed by atoms with Gasteiger partial charge in [0.25, 0.3) is 0 Å². The van der Waals surface area contributed by atoms with Crippen molar-refractivity contribution in [3.05, 3.63) is 52.5 Å². The van der Waals surface area contributed by atoms with Gasteiger partial charge in [-0.25, -0.2) is 13.4 Å². The van der Waals surface area contributed by atoms with E-state index in [4.69, 9.17) is 23.2 Å². The molecular weight excluding hydrogens is 501 g/mol. The van der Waals surface area contributed by atoms with Crippen LogP contribution in [0.15, 0.2) is 47.4 Å². The van der Waals surface area contributed by atoms with E-state index in [1.165, 1.54) is 23.5 Å². The Morgan fingerprint density at radius 2 is 1.73 bits per heavy atom. The summed E-state index contributed by atoms with van der Waals surface area (Å²) in [5.74, 6) is -0.265. The maximum atomic E-state index is 13.2. The van der Waals surface area contributed by atoms with Gasteiger partial charge in [-0.3, -0.25) is 9.69 Å². The molecule has 0 aliphatic rings. The molecule has 10 heteroatoms. The molecule has 0 fully saturated rings. The highest BCUT2D eigenvalue weighted by atomic mass is 35.5. The molecular formula is C23H27Cl2N3O3S2. The smallest absolute Gasteiger partial charge is 0.228 e. The molecule has 1 amide bonds. The Morgan fingerprint density at radius 1 is 1.03 bits per heavy atom. The Labute approximate surface area is 209 Å². The number of anilines is 1. The molecule has 0 saturated carbocycles. The van der Waals surface area contributed by atoms with Crippen LogP contribution in [0.3, 0.4) is 0 Å². The first-order chi connectivity index (χ1) is 15.7. The summed E-state index contributed by atoms with van der Waals surface area (Å²) >= 11 is 13.5. The lowest BCUT2D eigenvalue weighted by molar-refractivity contribution is -0.118. The van der Waals surface area contributed by atoms with E-state index in [0.717, 1.165) is 17.8 Å². The number of sulfone groups is 1. The van der Waals surface area contributed by atoms with Gasteiger partial charge in [0.15, 0.2) is 15.0 Å². The lowest BCUT2D eigenvalue weighted by atomic mass is 10.3. The molecule has 0 radical (unpaired) electrons. The molecule has 1 heterocycles. The molecule has 3 rings (SSSR count). The second kappa shape index (κ2) is 11.6. The topological polar surface area (TPSA) is 70.6 Å². The van der Waals surface area contributed by atoms with Crippen LogP contribution >= 0.6 is 34.5 Å². The van der Waals surface area contributed by atoms with E-state index in [2.05, 4.69) is 23.7 Å². The van der Waals surface area contributed by atoms with Gasteiger partial charge in [0.2, 0.25) is 5.91 Å². The van der Waals surface area contributed by atoms with Crippen molar-refractivity contribution in [2.45, 2.75) is 31.6 Å². The first-order valence-corrected chi connectivity index (χ1v) is 14.0. The number of carbonyl (C=O) groups is 1. The fourth-order valence-corrected chi connectivity index (χ4v) is 6.18. The molecule has 0 atom stereocenters. The van der Waals surface area contributed by atoms with Crippen molar-refractivity contribution < 1.29 is 13.2 Å². The van der Waals surface area contributed by atoms with Crippen LogP contribution < -0.4 is 4.90 Å². The number of halogens is 2. The average Bonchev–Trinajstić information content (AvgIpc) is 3.22. The predicted octanol–water partition coefficient (Wildman–Crippen LogP) is 5.53. The average molecular weight is 529 g/mol. The molecule has 0 unspecified atom stereocenters. The van der Waals surface area contributed by atoms with Gasteiger partial charge in [-0.1, -0.05) is 54.5 Å². The number of rotatable bonds is 11. The Balaban J connectivity index is 1.74. The third-order valence-electron chi connectivity index (χ3n) is 5.40. The molecule has 3 aromatic rings. The zero-order valence-corrected chi connectivity index (χ0v) is 21.8. The molecule has 178 valence electrons. The van der Waals surface area contributed by atoms with E-state index >= 15 is 0 Å². The minimum atomic E-state index is -3.49. The second-order valence-electron chi connectivity index (χ2n) is 7.53. The number of fused-ring (bicyclic) bond motifs is 1. The zero-order chi connectivity index (χ0) is 24.0. The summed E-state index contributed by atoms with van der Waals surface area (Å²) in [4.78, 5) is 21.9. The predicted molar refractivity (Wildman–Crippen MR) is 138 cm³/mol. The minimum absolute atomic E-state index is 0.106. The molecule has 0 aliphatic carbocycles. The number of carbonyl (C=O) groups excluding carboxylic acids is 1. The number of para-hydroxylation sites is 1. The van der Waals surface area contributed by atoms with E-state index < -0.39 is 9.84 Å². The monoisotopic (exact) mass is 527 g/mol. The standard InChI is InChI=1S/C23H27Cl2N3O3S2/c1-3-27(4-2)14-15-28(23-26-22-19(25)7-5-8-20(22)32-23)21(29)9-6-16-33(30,31)18-12-10-17(24)11-13-18/h5,7-8,10-13H,3-4,6,9,14-16H2,1-2H3. The third-order valence-corrected chi connectivity index (χ3v) is 8.82. The van der Waals surface area contributed by atoms with E-state index in [9.17, 15) is 13.2 Å². The van der Waals surface area contributed by atoms with Gasteiger partial charge in [-0.15, -0.1) is 0 Å². The first-order valence-electron chi connectivity index (χ1n) is 10.8. The summed E-state index contributed by atoms with van der Waals surface area (Å²) in [5, 5.41) is 1.60. The fraction of sp³-hybridized carbons (Fsp3) is 0.391. The zero-order valence-electron chi connectivity index (χ0n) is 18.6. The Morgan fingerprint density at radius 3 is 2.36 bits per heavy atom. The Bertz CT molecular complexity index is 1190. The number of hydrogen-bond donors (Lipinski definition) is 0. The van der Waals surface area contributed by atoms with Crippen molar-refractivity contribution >= 4 is 65.6 Å². The van der Waals surface area contributed by atoms with E-state index in [0.29, 0.717) is 33.8 Å². The maximum Gasteiger partial charge on any atom is 0.228 e. The summed E-state index contributed by atoms with van der Waals surface area (Å²) in [5.41, 5.74) is 0.671. The van der Waals surface area contributed by atoms with Crippen LogP contribution in [0.2, 0.25) is 10.0 Å². The van der Waals surface area contributed by atoms with Crippen molar-refractivity contribution in [2.75, 3.05) is 36.8 Å². The molecule has 6 nitrogen and oxygen atoms in total. The van der Waals surface area contributed by atoms with Crippen LogP contribution in [0.4, 0.5) is 5.13 Å². The van der Waals surface area contributed by atoms with Gasteiger partial charge in [-0.05, 0) is 55.9 Å². The number of likely N-dealkylation sites (N-methyl/N-ethyl adjacent to an activating group) is 1. The first kappa shape index (κ1) is 25.9. The summed E-state index contributed by atoms with van der Waals surface area (Å²) < 4.78 is 26.1. The van der Waals surface area contributed by atoms with Crippen molar-refractivity contribution in [1.82, 2.24) is 9.88 Å². The van der Waals surface area contributed by atoms with Crippen molar-refractivity contribution in [3.8, 4) is 0 Å². The highest BCUT2D eigenvalue weighted by molar-refractivity contribution is 7.91. The van der Waals surface area contributed by atoms with Gasteiger partial charge < -0.3 is 4.90 Å². The largest absolute Gasteiger partial charge is 0.302 e. The second-order valence-corrected chi connectivity index (χ2v) is 11.5. The maximum absolute atomic E-state index is 13.2. The summed E-state index contributed by atoms with van der Waals surface area (Å²) in [6.07, 6.45) is 0.325. The van der Waals surface area contributed by atoms with Gasteiger partial charge in [0.1, 0.15) is 5.52 Å². The quantitative estimate of drug-likeness (QED) is 0.327. The van der Waals surface area contributed by atoms with E-state index in [1.54, 1.807) is 23.1 Å². The van der Waals surface area contributed by atoms with Crippen molar-refractivity contribution in [1.29, 1.82) is 0 Å². The summed E-state index contributed by atoms with van der Waals surface area (Å²) in [7, 11) is -3.49. The van der Waals surface area contributed by atoms with Gasteiger partial charge >= 0.3 is 0 Å². The summed E-state index contributed by atoms with van der Waals surface area (Å²) in [6.45, 7) is 7.09. The van der Waals surface area contributed by atoms with Crippen molar-refractivity contribution in [2.24, 2.45) is 0 Å². The minimum Gasteiger partial charge on any atom is -0.302 e. The van der Waals surface area contributed by atoms with Crippen LogP contribution in [-0.2, 0) is 14.6 Å². The van der Waals surface area contributed by atoms with Gasteiger partial charge in [-0.2, -0.15) is 0 Å². The molecule has 0 bridgehead atoms. The fourth-order valence-electron chi connectivity index (χ4n) is 3.44. The van der Waals surface area contributed by atoms with E-state index in [1.807, 2.05) is 12.1 Å². The molecule has 33 heavy (non-hydrogen) atoms. The summed E-state index contributed by atoms with van der Waals surface area (Å²) in [6, 6.07) is 11.6. The van der Waals surface area contributed by atoms with Gasteiger partial charge in [0.05, 0.1) is 20.4 Å². The molecule has 0 aliphatic heterocycles. The third kappa shape index (κ3) is 6.67. The molecule has 0 saturated heterocycles. The van der Waals surface area contributed by atoms with Crippen LogP contribution in [0, 0.1) is 0 Å². The molecule has 0 spiro atoms. The van der Waals surface area contributed by atoms with Crippen LogP contribution in [0.1, 0.15) is 26.7 Å². The van der Waals surface area contributed by atoms with Crippen LogP contribution in [-0.4, -0.2) is 56.1 Å². The molecule has 0 N–H and O–H groups in total. The highest BCUT2D eigenvalue weighted by Crippen LogP contribution is 2.33. The number of aromatic nitrogens is 1. The number of hydrogen-bond acceptors (Lipinski definition) is 6. The number of nitrogens with zero attached hydrogens (tertiary/aromatic N) is 3. The number of benzene rings is 2. The number of thiazole rings is 1. The number of amides is 1. The molecule has 1 aromatic heterocycles. The molecule has 2 aromatic carbocycles. The van der Waals surface area contributed by atoms with Crippen LogP contribution in [0.5, 0.6) is 0 Å². The van der Waals surface area contributed by atoms with Crippen molar-refractivity contribution in [3.63, 3.8) is 0 Å². The van der Waals surface area contributed by atoms with E-state index in [-0.39, 0.29) is 29.4 Å². The normalized spacial score (nSPS) is 11.9. The van der Waals surface area contributed by atoms with Gasteiger partial charge in [0, 0.05) is 24.5 Å². The lowest BCUT2D eigenvalue weighted by Crippen LogP contribution is -2.38. The Hall–Kier alpha value is -1.71. The lowest BCUT2D eigenvalue weighted by Gasteiger charge is -2.24. The van der Waals surface area contributed by atoms with Crippen LogP contribution in [0.25, 0.3) is 10.2 Å². The Kier molecular flexibility index (Phi) is 9.12. The SMILES string of the molecule is CCN(CC)CCN(C(=O)CCCS(=O)(=O)c1ccc(Cl)cc1)c1nc2c(Cl)cccc2s1.